The molecule has 0 bridgehead atoms. The van der Waals surface area contributed by atoms with Gasteiger partial charge in [0.25, 0.3) is 0 Å². The van der Waals surface area contributed by atoms with Gasteiger partial charge >= 0.3 is 0 Å². The molecule has 0 saturated carbocycles. The van der Waals surface area contributed by atoms with Crippen molar-refractivity contribution in [3.05, 3.63) is 29.8 Å². The zero-order valence-corrected chi connectivity index (χ0v) is 11.3. The van der Waals surface area contributed by atoms with Crippen molar-refractivity contribution < 1.29 is 14.3 Å². The Balaban J connectivity index is 2.29. The highest BCUT2D eigenvalue weighted by molar-refractivity contribution is 9.08. The van der Waals surface area contributed by atoms with Gasteiger partial charge in [-0.2, -0.15) is 0 Å². The molecule has 1 aromatic carbocycles. The fourth-order valence-corrected chi connectivity index (χ4v) is 1.56. The second kappa shape index (κ2) is 8.22. The van der Waals surface area contributed by atoms with Gasteiger partial charge in [0.1, 0.15) is 6.61 Å². The number of methoxy groups -OCH3 is 1. The van der Waals surface area contributed by atoms with E-state index in [0.29, 0.717) is 13.2 Å². The lowest BCUT2D eigenvalue weighted by Gasteiger charge is -2.06. The van der Waals surface area contributed by atoms with Crippen LogP contribution in [0.3, 0.4) is 0 Å². The topological polar surface area (TPSA) is 47.6 Å². The molecule has 4 nitrogen and oxygen atoms in total. The molecule has 0 fully saturated rings. The molecule has 94 valence electrons. The number of carbonyl (C=O) groups is 1. The third-order valence-electron chi connectivity index (χ3n) is 2.06. The van der Waals surface area contributed by atoms with E-state index in [0.717, 1.165) is 11.0 Å². The van der Waals surface area contributed by atoms with Gasteiger partial charge in [-0.05, 0) is 17.7 Å². The normalized spacial score (nSPS) is 10.2. The van der Waals surface area contributed by atoms with E-state index in [-0.39, 0.29) is 12.5 Å². The van der Waals surface area contributed by atoms with Crippen LogP contribution in [0.15, 0.2) is 24.3 Å². The lowest BCUT2D eigenvalue weighted by Crippen LogP contribution is -2.19. The van der Waals surface area contributed by atoms with Gasteiger partial charge in [-0.3, -0.25) is 4.79 Å². The summed E-state index contributed by atoms with van der Waals surface area (Å²) in [5, 5.41) is 3.56. The smallest absolute Gasteiger partial charge is 0.250 e. The van der Waals surface area contributed by atoms with Crippen molar-refractivity contribution >= 4 is 27.5 Å². The van der Waals surface area contributed by atoms with Crippen LogP contribution in [0.5, 0.6) is 0 Å². The Morgan fingerprint density at radius 1 is 1.29 bits per heavy atom. The summed E-state index contributed by atoms with van der Waals surface area (Å²) in [6, 6.07) is 7.64. The van der Waals surface area contributed by atoms with Crippen LogP contribution in [0, 0.1) is 0 Å². The van der Waals surface area contributed by atoms with Crippen LogP contribution in [0.2, 0.25) is 0 Å². The predicted molar refractivity (Wildman–Crippen MR) is 70.4 cm³/mol. The van der Waals surface area contributed by atoms with Crippen molar-refractivity contribution in [3.8, 4) is 0 Å². The number of benzene rings is 1. The summed E-state index contributed by atoms with van der Waals surface area (Å²) in [6.45, 7) is 0.962. The maximum absolute atomic E-state index is 11.4. The molecule has 0 aliphatic carbocycles. The van der Waals surface area contributed by atoms with Crippen molar-refractivity contribution in [1.82, 2.24) is 0 Å². The Morgan fingerprint density at radius 3 is 2.59 bits per heavy atom. The maximum Gasteiger partial charge on any atom is 0.250 e. The molecule has 1 N–H and O–H groups in total. The van der Waals surface area contributed by atoms with E-state index in [1.165, 1.54) is 5.56 Å². The molecular formula is C12H16BrNO3. The summed E-state index contributed by atoms with van der Waals surface area (Å²) < 4.78 is 9.91. The molecule has 1 aromatic rings. The molecule has 0 radical (unpaired) electrons. The molecule has 1 amide bonds. The van der Waals surface area contributed by atoms with E-state index in [1.807, 2.05) is 24.3 Å². The van der Waals surface area contributed by atoms with Crippen LogP contribution in [-0.2, 0) is 19.6 Å². The molecule has 0 saturated heterocycles. The first-order chi connectivity index (χ1) is 8.26. The third-order valence-corrected chi connectivity index (χ3v) is 2.70. The Hall–Kier alpha value is -0.910. The van der Waals surface area contributed by atoms with Gasteiger partial charge in [0.2, 0.25) is 5.91 Å². The lowest BCUT2D eigenvalue weighted by atomic mass is 10.2. The molecule has 0 aliphatic heterocycles. The van der Waals surface area contributed by atoms with E-state index < -0.39 is 0 Å². The SMILES string of the molecule is COCCOCC(=O)Nc1ccc(CBr)cc1. The average molecular weight is 302 g/mol. The number of rotatable bonds is 7. The highest BCUT2D eigenvalue weighted by Crippen LogP contribution is 2.11. The summed E-state index contributed by atoms with van der Waals surface area (Å²) in [4.78, 5) is 11.4. The zero-order chi connectivity index (χ0) is 12.5. The number of amides is 1. The first-order valence-electron chi connectivity index (χ1n) is 5.27. The minimum Gasteiger partial charge on any atom is -0.382 e. The Kier molecular flexibility index (Phi) is 6.84. The molecule has 0 aliphatic rings. The van der Waals surface area contributed by atoms with Crippen LogP contribution in [0.1, 0.15) is 5.56 Å². The van der Waals surface area contributed by atoms with Crippen molar-refractivity contribution in [2.75, 3.05) is 32.2 Å². The minimum absolute atomic E-state index is 0.0452. The molecule has 0 unspecified atom stereocenters. The van der Waals surface area contributed by atoms with Crippen LogP contribution < -0.4 is 5.32 Å². The number of halogens is 1. The number of hydrogen-bond acceptors (Lipinski definition) is 3. The largest absolute Gasteiger partial charge is 0.382 e. The van der Waals surface area contributed by atoms with Gasteiger partial charge in [-0.1, -0.05) is 28.1 Å². The number of anilines is 1. The third kappa shape index (κ3) is 5.81. The van der Waals surface area contributed by atoms with Gasteiger partial charge in [0.15, 0.2) is 0 Å². The molecular weight excluding hydrogens is 286 g/mol. The predicted octanol–water partition coefficient (Wildman–Crippen LogP) is 2.18. The van der Waals surface area contributed by atoms with E-state index in [1.54, 1.807) is 7.11 Å². The summed E-state index contributed by atoms with van der Waals surface area (Å²) in [7, 11) is 1.59. The van der Waals surface area contributed by atoms with Gasteiger partial charge in [-0.25, -0.2) is 0 Å². The average Bonchev–Trinajstić information content (AvgIpc) is 2.36. The number of ether oxygens (including phenoxy) is 2. The van der Waals surface area contributed by atoms with Crippen molar-refractivity contribution in [1.29, 1.82) is 0 Å². The first-order valence-corrected chi connectivity index (χ1v) is 6.40. The van der Waals surface area contributed by atoms with Crippen molar-refractivity contribution in [3.63, 3.8) is 0 Å². The summed E-state index contributed by atoms with van der Waals surface area (Å²) in [5.74, 6) is -0.160. The molecule has 17 heavy (non-hydrogen) atoms. The van der Waals surface area contributed by atoms with Crippen molar-refractivity contribution in [2.45, 2.75) is 5.33 Å². The fraction of sp³-hybridized carbons (Fsp3) is 0.417. The van der Waals surface area contributed by atoms with Gasteiger partial charge in [0, 0.05) is 18.1 Å². The Labute approximate surface area is 109 Å². The van der Waals surface area contributed by atoms with E-state index in [9.17, 15) is 4.79 Å². The second-order valence-electron chi connectivity index (χ2n) is 3.42. The number of carbonyl (C=O) groups excluding carboxylic acids is 1. The van der Waals surface area contributed by atoms with Gasteiger partial charge in [0.05, 0.1) is 13.2 Å². The maximum atomic E-state index is 11.4. The molecule has 0 atom stereocenters. The molecule has 1 rings (SSSR count). The Bertz CT molecular complexity index is 340. The standard InChI is InChI=1S/C12H16BrNO3/c1-16-6-7-17-9-12(15)14-11-4-2-10(8-13)3-5-11/h2-5H,6-9H2,1H3,(H,14,15). The zero-order valence-electron chi connectivity index (χ0n) is 9.74. The quantitative estimate of drug-likeness (QED) is 0.620. The number of alkyl halides is 1. The van der Waals surface area contributed by atoms with Gasteiger partial charge in [-0.15, -0.1) is 0 Å². The molecule has 5 heteroatoms. The fourth-order valence-electron chi connectivity index (χ4n) is 1.18. The molecule has 0 aromatic heterocycles. The summed E-state index contributed by atoms with van der Waals surface area (Å²) in [5.41, 5.74) is 1.94. The van der Waals surface area contributed by atoms with Crippen LogP contribution >= 0.6 is 15.9 Å². The lowest BCUT2D eigenvalue weighted by molar-refractivity contribution is -0.121. The van der Waals surface area contributed by atoms with Crippen LogP contribution in [0.4, 0.5) is 5.69 Å². The molecule has 0 spiro atoms. The second-order valence-corrected chi connectivity index (χ2v) is 3.98. The first kappa shape index (κ1) is 14.2. The number of nitrogens with one attached hydrogen (secondary N) is 1. The van der Waals surface area contributed by atoms with E-state index in [4.69, 9.17) is 9.47 Å². The highest BCUT2D eigenvalue weighted by Gasteiger charge is 2.02. The monoisotopic (exact) mass is 301 g/mol. The van der Waals surface area contributed by atoms with Gasteiger partial charge < -0.3 is 14.8 Å². The Morgan fingerprint density at radius 2 is 2.00 bits per heavy atom. The van der Waals surface area contributed by atoms with E-state index >= 15 is 0 Å². The summed E-state index contributed by atoms with van der Waals surface area (Å²) >= 11 is 3.36. The molecule has 0 heterocycles. The van der Waals surface area contributed by atoms with Crippen LogP contribution in [0.25, 0.3) is 0 Å². The van der Waals surface area contributed by atoms with E-state index in [2.05, 4.69) is 21.2 Å². The summed E-state index contributed by atoms with van der Waals surface area (Å²) in [6.07, 6.45) is 0. The van der Waals surface area contributed by atoms with Crippen molar-refractivity contribution in [2.24, 2.45) is 0 Å². The minimum atomic E-state index is -0.160. The number of hydrogen-bond donors (Lipinski definition) is 1. The van der Waals surface area contributed by atoms with Crippen LogP contribution in [-0.4, -0.2) is 32.8 Å². The highest BCUT2D eigenvalue weighted by atomic mass is 79.9.